The number of halogens is 1. The summed E-state index contributed by atoms with van der Waals surface area (Å²) in [6.07, 6.45) is 2.29. The van der Waals surface area contributed by atoms with Gasteiger partial charge in [0.25, 0.3) is 0 Å². The summed E-state index contributed by atoms with van der Waals surface area (Å²) in [5.74, 6) is 0.963. The lowest BCUT2D eigenvalue weighted by molar-refractivity contribution is 0.368. The summed E-state index contributed by atoms with van der Waals surface area (Å²) in [5.41, 5.74) is 1.11. The molecule has 1 unspecified atom stereocenters. The highest BCUT2D eigenvalue weighted by molar-refractivity contribution is 6.18. The number of rotatable bonds is 5. The van der Waals surface area contributed by atoms with E-state index in [9.17, 15) is 0 Å². The summed E-state index contributed by atoms with van der Waals surface area (Å²) in [4.78, 5) is 6.59. The first kappa shape index (κ1) is 13.3. The molecule has 0 aromatic rings. The third-order valence-corrected chi connectivity index (χ3v) is 2.96. The summed E-state index contributed by atoms with van der Waals surface area (Å²) in [5, 5.41) is 6.26. The SMILES string of the molecule is C=C(CNC)N1CCCC1/C(=N/CCl)NC. The van der Waals surface area contributed by atoms with E-state index >= 15 is 0 Å². The largest absolute Gasteiger partial charge is 0.375 e. The van der Waals surface area contributed by atoms with Crippen LogP contribution in [0, 0.1) is 0 Å². The Hall–Kier alpha value is -0.740. The number of hydrogen-bond donors (Lipinski definition) is 2. The number of hydrogen-bond acceptors (Lipinski definition) is 3. The van der Waals surface area contributed by atoms with Crippen molar-refractivity contribution in [2.24, 2.45) is 4.99 Å². The molecule has 1 saturated heterocycles. The summed E-state index contributed by atoms with van der Waals surface area (Å²) in [7, 11) is 3.82. The molecule has 1 aliphatic rings. The Kier molecular flexibility index (Phi) is 5.63. The lowest BCUT2D eigenvalue weighted by Crippen LogP contribution is -2.43. The topological polar surface area (TPSA) is 39.7 Å². The van der Waals surface area contributed by atoms with Crippen LogP contribution in [0.15, 0.2) is 17.3 Å². The molecule has 0 aliphatic carbocycles. The highest BCUT2D eigenvalue weighted by atomic mass is 35.5. The van der Waals surface area contributed by atoms with Crippen molar-refractivity contribution in [1.82, 2.24) is 15.5 Å². The first-order valence-corrected chi connectivity index (χ1v) is 6.15. The molecule has 1 aliphatic heterocycles. The fourth-order valence-corrected chi connectivity index (χ4v) is 2.28. The molecule has 16 heavy (non-hydrogen) atoms. The van der Waals surface area contributed by atoms with Crippen LogP contribution in [0.5, 0.6) is 0 Å². The van der Waals surface area contributed by atoms with Gasteiger partial charge in [0, 0.05) is 25.8 Å². The number of alkyl halides is 1. The monoisotopic (exact) mass is 244 g/mol. The van der Waals surface area contributed by atoms with Gasteiger partial charge < -0.3 is 15.5 Å². The molecule has 0 radical (unpaired) electrons. The van der Waals surface area contributed by atoms with Crippen LogP contribution in [0.4, 0.5) is 0 Å². The van der Waals surface area contributed by atoms with Gasteiger partial charge in [-0.1, -0.05) is 6.58 Å². The van der Waals surface area contributed by atoms with Crippen molar-refractivity contribution in [2.45, 2.75) is 18.9 Å². The Balaban J connectivity index is 2.71. The second-order valence-electron chi connectivity index (χ2n) is 3.86. The maximum Gasteiger partial charge on any atom is 0.120 e. The molecule has 2 N–H and O–H groups in total. The van der Waals surface area contributed by atoms with E-state index in [0.717, 1.165) is 31.0 Å². The second kappa shape index (κ2) is 6.76. The maximum absolute atomic E-state index is 5.66. The molecule has 0 spiro atoms. The lowest BCUT2D eigenvalue weighted by atomic mass is 10.2. The van der Waals surface area contributed by atoms with Gasteiger partial charge in [-0.05, 0) is 19.9 Å². The molecule has 0 amide bonds. The van der Waals surface area contributed by atoms with Crippen molar-refractivity contribution in [3.63, 3.8) is 0 Å². The predicted molar refractivity (Wildman–Crippen MR) is 70.0 cm³/mol. The first-order valence-electron chi connectivity index (χ1n) is 5.61. The van der Waals surface area contributed by atoms with Crippen LogP contribution in [0.2, 0.25) is 0 Å². The molecular weight excluding hydrogens is 224 g/mol. The van der Waals surface area contributed by atoms with Gasteiger partial charge in [0.2, 0.25) is 0 Å². The Morgan fingerprint density at radius 3 is 2.88 bits per heavy atom. The van der Waals surface area contributed by atoms with E-state index in [1.807, 2.05) is 14.1 Å². The molecule has 0 aromatic heterocycles. The van der Waals surface area contributed by atoms with E-state index < -0.39 is 0 Å². The van der Waals surface area contributed by atoms with Gasteiger partial charge in [-0.25, -0.2) is 0 Å². The molecule has 0 saturated carbocycles. The van der Waals surface area contributed by atoms with Crippen molar-refractivity contribution < 1.29 is 0 Å². The van der Waals surface area contributed by atoms with Gasteiger partial charge in [-0.2, -0.15) is 0 Å². The number of likely N-dealkylation sites (tertiary alicyclic amines) is 1. The van der Waals surface area contributed by atoms with Crippen LogP contribution in [0.1, 0.15) is 12.8 Å². The highest BCUT2D eigenvalue weighted by Gasteiger charge is 2.28. The molecule has 4 nitrogen and oxygen atoms in total. The van der Waals surface area contributed by atoms with Crippen LogP contribution in [0.25, 0.3) is 0 Å². The number of nitrogens with zero attached hydrogens (tertiary/aromatic N) is 2. The minimum atomic E-state index is 0.305. The average Bonchev–Trinajstić information content (AvgIpc) is 2.75. The zero-order valence-electron chi connectivity index (χ0n) is 10.1. The summed E-state index contributed by atoms with van der Waals surface area (Å²) in [6.45, 7) is 5.96. The molecule has 0 aromatic carbocycles. The van der Waals surface area contributed by atoms with Crippen LogP contribution < -0.4 is 10.6 Å². The van der Waals surface area contributed by atoms with Crippen molar-refractivity contribution in [2.75, 3.05) is 33.2 Å². The third kappa shape index (κ3) is 3.12. The number of nitrogens with one attached hydrogen (secondary N) is 2. The van der Waals surface area contributed by atoms with E-state index in [1.165, 1.54) is 6.42 Å². The second-order valence-corrected chi connectivity index (χ2v) is 4.10. The van der Waals surface area contributed by atoms with Crippen molar-refractivity contribution >= 4 is 17.4 Å². The summed E-state index contributed by atoms with van der Waals surface area (Å²) < 4.78 is 0. The minimum absolute atomic E-state index is 0.305. The summed E-state index contributed by atoms with van der Waals surface area (Å²) in [6, 6.07) is 0.614. The molecular formula is C11H21ClN4. The molecule has 1 fully saturated rings. The summed E-state index contributed by atoms with van der Waals surface area (Å²) >= 11 is 5.66. The van der Waals surface area contributed by atoms with Crippen molar-refractivity contribution in [1.29, 1.82) is 0 Å². The number of likely N-dealkylation sites (N-methyl/N-ethyl adjacent to an activating group) is 2. The molecule has 1 heterocycles. The lowest BCUT2D eigenvalue weighted by Gasteiger charge is -2.29. The van der Waals surface area contributed by atoms with Gasteiger partial charge in [0.15, 0.2) is 0 Å². The fraction of sp³-hybridized carbons (Fsp3) is 0.727. The quantitative estimate of drug-likeness (QED) is 0.328. The van der Waals surface area contributed by atoms with Gasteiger partial charge >= 0.3 is 0 Å². The standard InChI is InChI=1S/C11H21ClN4/c1-9(7-13-2)16-6-4-5-10(16)11(14-3)15-8-12/h10,13H,1,4-8H2,2-3H3,(H,14,15). The van der Waals surface area contributed by atoms with Crippen molar-refractivity contribution in [3.05, 3.63) is 12.3 Å². The van der Waals surface area contributed by atoms with Gasteiger partial charge in [0.05, 0.1) is 6.04 Å². The normalized spacial score (nSPS) is 21.3. The van der Waals surface area contributed by atoms with Crippen LogP contribution in [0.3, 0.4) is 0 Å². The number of amidine groups is 1. The molecule has 1 rings (SSSR count). The minimum Gasteiger partial charge on any atom is -0.375 e. The first-order chi connectivity index (χ1) is 7.74. The third-order valence-electron chi connectivity index (χ3n) is 2.84. The van der Waals surface area contributed by atoms with E-state index in [0.29, 0.717) is 12.0 Å². The Bertz CT molecular complexity index is 265. The van der Waals surface area contributed by atoms with E-state index in [1.54, 1.807) is 0 Å². The van der Waals surface area contributed by atoms with Crippen LogP contribution >= 0.6 is 11.6 Å². The van der Waals surface area contributed by atoms with Crippen LogP contribution in [-0.4, -0.2) is 50.0 Å². The van der Waals surface area contributed by atoms with Crippen molar-refractivity contribution in [3.8, 4) is 0 Å². The molecule has 5 heteroatoms. The Morgan fingerprint density at radius 2 is 2.31 bits per heavy atom. The maximum atomic E-state index is 5.66. The average molecular weight is 245 g/mol. The van der Waals surface area contributed by atoms with Gasteiger partial charge in [-0.15, -0.1) is 11.6 Å². The zero-order chi connectivity index (χ0) is 12.0. The molecule has 92 valence electrons. The van der Waals surface area contributed by atoms with E-state index in [-0.39, 0.29) is 0 Å². The Labute approximate surface area is 103 Å². The number of aliphatic imine (C=N–C) groups is 1. The molecule has 0 bridgehead atoms. The smallest absolute Gasteiger partial charge is 0.120 e. The predicted octanol–water partition coefficient (Wildman–Crippen LogP) is 0.998. The zero-order valence-corrected chi connectivity index (χ0v) is 10.8. The van der Waals surface area contributed by atoms with E-state index in [2.05, 4.69) is 27.1 Å². The van der Waals surface area contributed by atoms with Gasteiger partial charge in [-0.3, -0.25) is 4.99 Å². The Morgan fingerprint density at radius 1 is 1.56 bits per heavy atom. The highest BCUT2D eigenvalue weighted by Crippen LogP contribution is 2.21. The fourth-order valence-electron chi connectivity index (χ4n) is 2.15. The van der Waals surface area contributed by atoms with Gasteiger partial charge in [0.1, 0.15) is 11.8 Å². The van der Waals surface area contributed by atoms with Crippen LogP contribution in [-0.2, 0) is 0 Å². The molecule has 1 atom stereocenters. The van der Waals surface area contributed by atoms with E-state index in [4.69, 9.17) is 11.6 Å².